The fourth-order valence-corrected chi connectivity index (χ4v) is 2.06. The summed E-state index contributed by atoms with van der Waals surface area (Å²) in [6.45, 7) is 0.898. The zero-order valence-electron chi connectivity index (χ0n) is 9.35. The molecule has 0 saturated carbocycles. The van der Waals surface area contributed by atoms with E-state index in [9.17, 15) is 9.59 Å². The Bertz CT molecular complexity index is 327. The predicted octanol–water partition coefficient (Wildman–Crippen LogP) is -1.68. The van der Waals surface area contributed by atoms with Gasteiger partial charge in [0.15, 0.2) is 5.54 Å². The number of carboxylic acids is 1. The molecule has 7 heteroatoms. The molecule has 0 aromatic carbocycles. The van der Waals surface area contributed by atoms with Gasteiger partial charge < -0.3 is 25.6 Å². The second-order valence-corrected chi connectivity index (χ2v) is 4.49. The SMILES string of the molecule is NC1COCC1C(=O)NC1(C(=O)O)CCOC1. The van der Waals surface area contributed by atoms with E-state index in [-0.39, 0.29) is 31.6 Å². The highest BCUT2D eigenvalue weighted by Crippen LogP contribution is 2.21. The van der Waals surface area contributed by atoms with E-state index < -0.39 is 17.4 Å². The second-order valence-electron chi connectivity index (χ2n) is 4.49. The van der Waals surface area contributed by atoms with Gasteiger partial charge in [-0.1, -0.05) is 0 Å². The van der Waals surface area contributed by atoms with E-state index in [2.05, 4.69) is 5.32 Å². The van der Waals surface area contributed by atoms with E-state index in [0.29, 0.717) is 13.2 Å². The fourth-order valence-electron chi connectivity index (χ4n) is 2.06. The average Bonchev–Trinajstić information content (AvgIpc) is 2.87. The lowest BCUT2D eigenvalue weighted by Crippen LogP contribution is -2.58. The molecule has 2 fully saturated rings. The normalized spacial score (nSPS) is 37.0. The number of nitrogens with two attached hydrogens (primary N) is 1. The molecule has 3 unspecified atom stereocenters. The molecule has 96 valence electrons. The van der Waals surface area contributed by atoms with Gasteiger partial charge in [-0.15, -0.1) is 0 Å². The topological polar surface area (TPSA) is 111 Å². The van der Waals surface area contributed by atoms with Crippen molar-refractivity contribution in [1.82, 2.24) is 5.32 Å². The molecule has 4 N–H and O–H groups in total. The minimum Gasteiger partial charge on any atom is -0.479 e. The van der Waals surface area contributed by atoms with E-state index >= 15 is 0 Å². The molecule has 0 radical (unpaired) electrons. The van der Waals surface area contributed by atoms with Crippen molar-refractivity contribution in [3.8, 4) is 0 Å². The lowest BCUT2D eigenvalue weighted by Gasteiger charge is -2.26. The summed E-state index contributed by atoms with van der Waals surface area (Å²) < 4.78 is 10.1. The number of ether oxygens (including phenoxy) is 2. The summed E-state index contributed by atoms with van der Waals surface area (Å²) in [5.74, 6) is -1.93. The lowest BCUT2D eigenvalue weighted by atomic mass is 9.96. The first-order valence-corrected chi connectivity index (χ1v) is 5.52. The van der Waals surface area contributed by atoms with Gasteiger partial charge in [-0.2, -0.15) is 0 Å². The zero-order valence-corrected chi connectivity index (χ0v) is 9.35. The van der Waals surface area contributed by atoms with E-state index in [4.69, 9.17) is 20.3 Å². The van der Waals surface area contributed by atoms with Gasteiger partial charge in [0.05, 0.1) is 25.7 Å². The minimum absolute atomic E-state index is 0.00309. The monoisotopic (exact) mass is 244 g/mol. The number of aliphatic carboxylic acids is 1. The van der Waals surface area contributed by atoms with Crippen LogP contribution in [-0.4, -0.2) is 55.0 Å². The smallest absolute Gasteiger partial charge is 0.331 e. The van der Waals surface area contributed by atoms with Gasteiger partial charge in [0.2, 0.25) is 5.91 Å². The molecular weight excluding hydrogens is 228 g/mol. The van der Waals surface area contributed by atoms with Gasteiger partial charge in [-0.05, 0) is 0 Å². The first-order chi connectivity index (χ1) is 8.05. The molecular formula is C10H16N2O5. The summed E-state index contributed by atoms with van der Waals surface area (Å²) in [5.41, 5.74) is 4.40. The van der Waals surface area contributed by atoms with Crippen molar-refractivity contribution in [3.05, 3.63) is 0 Å². The average molecular weight is 244 g/mol. The number of carbonyl (C=O) groups excluding carboxylic acids is 1. The highest BCUT2D eigenvalue weighted by atomic mass is 16.5. The van der Waals surface area contributed by atoms with Crippen LogP contribution in [0.15, 0.2) is 0 Å². The predicted molar refractivity (Wildman–Crippen MR) is 56.2 cm³/mol. The molecule has 17 heavy (non-hydrogen) atoms. The third-order valence-electron chi connectivity index (χ3n) is 3.25. The van der Waals surface area contributed by atoms with Crippen molar-refractivity contribution >= 4 is 11.9 Å². The Morgan fingerprint density at radius 2 is 2.12 bits per heavy atom. The number of carbonyl (C=O) groups is 2. The number of carboxylic acid groups (broad SMARTS) is 1. The molecule has 2 rings (SSSR count). The van der Waals surface area contributed by atoms with E-state index in [0.717, 1.165) is 0 Å². The van der Waals surface area contributed by atoms with Crippen LogP contribution < -0.4 is 11.1 Å². The minimum atomic E-state index is -1.31. The Morgan fingerprint density at radius 3 is 2.59 bits per heavy atom. The largest absolute Gasteiger partial charge is 0.479 e. The van der Waals surface area contributed by atoms with Gasteiger partial charge >= 0.3 is 5.97 Å². The number of rotatable bonds is 3. The van der Waals surface area contributed by atoms with Crippen LogP contribution in [0.5, 0.6) is 0 Å². The van der Waals surface area contributed by atoms with Crippen molar-refractivity contribution in [2.75, 3.05) is 26.4 Å². The Balaban J connectivity index is 2.03. The number of hydrogen-bond donors (Lipinski definition) is 3. The fraction of sp³-hybridized carbons (Fsp3) is 0.800. The molecule has 0 aromatic heterocycles. The summed E-state index contributed by atoms with van der Waals surface area (Å²) in [6.07, 6.45) is 0.275. The summed E-state index contributed by atoms with van der Waals surface area (Å²) >= 11 is 0. The molecule has 1 amide bonds. The molecule has 2 saturated heterocycles. The highest BCUT2D eigenvalue weighted by molar-refractivity contribution is 5.89. The van der Waals surface area contributed by atoms with Gasteiger partial charge in [0, 0.05) is 19.1 Å². The Morgan fingerprint density at radius 1 is 1.35 bits per heavy atom. The van der Waals surface area contributed by atoms with Crippen LogP contribution in [0.4, 0.5) is 0 Å². The van der Waals surface area contributed by atoms with E-state index in [1.54, 1.807) is 0 Å². The van der Waals surface area contributed by atoms with Crippen molar-refractivity contribution in [2.45, 2.75) is 18.0 Å². The van der Waals surface area contributed by atoms with Crippen LogP contribution >= 0.6 is 0 Å². The van der Waals surface area contributed by atoms with Crippen LogP contribution in [0.1, 0.15) is 6.42 Å². The van der Waals surface area contributed by atoms with Crippen LogP contribution in [0.25, 0.3) is 0 Å². The van der Waals surface area contributed by atoms with Gasteiger partial charge in [0.25, 0.3) is 0 Å². The summed E-state index contributed by atoms with van der Waals surface area (Å²) in [6, 6.07) is -0.372. The van der Waals surface area contributed by atoms with Crippen LogP contribution in [0, 0.1) is 5.92 Å². The standard InChI is InChI=1S/C10H16N2O5/c11-7-4-17-3-6(7)8(13)12-10(9(14)15)1-2-16-5-10/h6-7H,1-5,11H2,(H,12,13)(H,14,15). The van der Waals surface area contributed by atoms with E-state index in [1.807, 2.05) is 0 Å². The number of amides is 1. The second kappa shape index (κ2) is 4.59. The highest BCUT2D eigenvalue weighted by Gasteiger charge is 2.46. The van der Waals surface area contributed by atoms with Crippen LogP contribution in [0.3, 0.4) is 0 Å². The number of hydrogen-bond acceptors (Lipinski definition) is 5. The molecule has 2 aliphatic heterocycles. The third-order valence-corrected chi connectivity index (χ3v) is 3.25. The molecule has 0 aliphatic carbocycles. The quantitative estimate of drug-likeness (QED) is 0.547. The molecule has 0 aromatic rings. The maximum Gasteiger partial charge on any atom is 0.331 e. The van der Waals surface area contributed by atoms with Crippen molar-refractivity contribution in [3.63, 3.8) is 0 Å². The Hall–Kier alpha value is -1.18. The Kier molecular flexibility index (Phi) is 3.32. The van der Waals surface area contributed by atoms with Crippen LogP contribution in [0.2, 0.25) is 0 Å². The Labute approximate surface area is 98.2 Å². The maximum atomic E-state index is 11.9. The van der Waals surface area contributed by atoms with E-state index in [1.165, 1.54) is 0 Å². The zero-order chi connectivity index (χ0) is 12.5. The van der Waals surface area contributed by atoms with Gasteiger partial charge in [-0.25, -0.2) is 4.79 Å². The van der Waals surface area contributed by atoms with Crippen molar-refractivity contribution in [1.29, 1.82) is 0 Å². The van der Waals surface area contributed by atoms with Gasteiger partial charge in [0.1, 0.15) is 0 Å². The van der Waals surface area contributed by atoms with Crippen LogP contribution in [-0.2, 0) is 19.1 Å². The molecule has 2 aliphatic rings. The molecule has 3 atom stereocenters. The summed E-state index contributed by atoms with van der Waals surface area (Å²) in [5, 5.41) is 11.7. The first kappa shape index (κ1) is 12.3. The lowest BCUT2D eigenvalue weighted by molar-refractivity contribution is -0.148. The number of nitrogens with one attached hydrogen (secondary N) is 1. The van der Waals surface area contributed by atoms with Crippen molar-refractivity contribution < 1.29 is 24.2 Å². The summed E-state index contributed by atoms with van der Waals surface area (Å²) in [4.78, 5) is 23.1. The summed E-state index contributed by atoms with van der Waals surface area (Å²) in [7, 11) is 0. The molecule has 2 heterocycles. The molecule has 0 bridgehead atoms. The maximum absolute atomic E-state index is 11.9. The first-order valence-electron chi connectivity index (χ1n) is 5.52. The van der Waals surface area contributed by atoms with Crippen molar-refractivity contribution in [2.24, 2.45) is 11.7 Å². The third kappa shape index (κ3) is 2.26. The molecule has 7 nitrogen and oxygen atoms in total. The molecule has 0 spiro atoms. The van der Waals surface area contributed by atoms with Gasteiger partial charge in [-0.3, -0.25) is 4.79 Å².